The van der Waals surface area contributed by atoms with Gasteiger partial charge >= 0.3 is 0 Å². The van der Waals surface area contributed by atoms with Gasteiger partial charge in [0, 0.05) is 19.0 Å². The van der Waals surface area contributed by atoms with Gasteiger partial charge in [-0.15, -0.1) is 0 Å². The van der Waals surface area contributed by atoms with Gasteiger partial charge in [-0.2, -0.15) is 0 Å². The predicted octanol–water partition coefficient (Wildman–Crippen LogP) is 3.33. The van der Waals surface area contributed by atoms with Crippen LogP contribution in [-0.4, -0.2) is 20.2 Å². The van der Waals surface area contributed by atoms with Crippen LogP contribution in [0.3, 0.4) is 0 Å². The fraction of sp³-hybridized carbons (Fsp3) is 0.625. The molecule has 1 heterocycles. The first-order chi connectivity index (χ1) is 8.84. The van der Waals surface area contributed by atoms with Crippen molar-refractivity contribution in [2.24, 2.45) is 5.41 Å². The molecule has 3 rings (SSSR count). The van der Waals surface area contributed by atoms with Crippen LogP contribution in [0.4, 0.5) is 0 Å². The van der Waals surface area contributed by atoms with Gasteiger partial charge < -0.3 is 10.1 Å². The SMILES string of the molecule is COc1ccc(C2CNCC23CCCCC3)cc1. The summed E-state index contributed by atoms with van der Waals surface area (Å²) in [4.78, 5) is 0. The second-order valence-corrected chi connectivity index (χ2v) is 5.88. The Morgan fingerprint density at radius 1 is 1.11 bits per heavy atom. The highest BCUT2D eigenvalue weighted by molar-refractivity contribution is 5.32. The lowest BCUT2D eigenvalue weighted by Gasteiger charge is -2.38. The van der Waals surface area contributed by atoms with Crippen molar-refractivity contribution in [3.05, 3.63) is 29.8 Å². The first-order valence-corrected chi connectivity index (χ1v) is 7.19. The average Bonchev–Trinajstić information content (AvgIpc) is 2.83. The molecule has 1 saturated heterocycles. The summed E-state index contributed by atoms with van der Waals surface area (Å²) in [6.07, 6.45) is 7.05. The largest absolute Gasteiger partial charge is 0.497 e. The zero-order valence-corrected chi connectivity index (χ0v) is 11.2. The fourth-order valence-corrected chi connectivity index (χ4v) is 3.89. The quantitative estimate of drug-likeness (QED) is 0.863. The summed E-state index contributed by atoms with van der Waals surface area (Å²) in [6.45, 7) is 2.36. The third-order valence-corrected chi connectivity index (χ3v) is 4.93. The second kappa shape index (κ2) is 4.93. The minimum atomic E-state index is 0.535. The Balaban J connectivity index is 1.84. The van der Waals surface area contributed by atoms with E-state index < -0.39 is 0 Å². The second-order valence-electron chi connectivity index (χ2n) is 5.88. The molecule has 18 heavy (non-hydrogen) atoms. The molecular formula is C16H23NO. The molecule has 0 aromatic heterocycles. The van der Waals surface area contributed by atoms with Crippen LogP contribution >= 0.6 is 0 Å². The monoisotopic (exact) mass is 245 g/mol. The van der Waals surface area contributed by atoms with Gasteiger partial charge in [0.2, 0.25) is 0 Å². The summed E-state index contributed by atoms with van der Waals surface area (Å²) in [5.74, 6) is 1.66. The Bertz CT molecular complexity index is 392. The molecule has 2 nitrogen and oxygen atoms in total. The number of ether oxygens (including phenoxy) is 1. The van der Waals surface area contributed by atoms with Crippen LogP contribution in [0.2, 0.25) is 0 Å². The van der Waals surface area contributed by atoms with Gasteiger partial charge in [-0.3, -0.25) is 0 Å². The standard InChI is InChI=1S/C16H23NO/c1-18-14-7-5-13(6-8-14)15-11-17-12-16(15)9-3-2-4-10-16/h5-8,15,17H,2-4,9-12H2,1H3. The van der Waals surface area contributed by atoms with E-state index in [2.05, 4.69) is 29.6 Å². The highest BCUT2D eigenvalue weighted by atomic mass is 16.5. The molecule has 0 bridgehead atoms. The van der Waals surface area contributed by atoms with Gasteiger partial charge in [-0.25, -0.2) is 0 Å². The van der Waals surface area contributed by atoms with Crippen LogP contribution in [0, 0.1) is 5.41 Å². The van der Waals surface area contributed by atoms with Crippen LogP contribution in [0.1, 0.15) is 43.6 Å². The van der Waals surface area contributed by atoms with E-state index in [4.69, 9.17) is 4.74 Å². The van der Waals surface area contributed by atoms with Crippen molar-refractivity contribution in [1.29, 1.82) is 0 Å². The molecule has 0 amide bonds. The van der Waals surface area contributed by atoms with E-state index >= 15 is 0 Å². The van der Waals surface area contributed by atoms with E-state index in [-0.39, 0.29) is 0 Å². The maximum atomic E-state index is 5.25. The van der Waals surface area contributed by atoms with Crippen LogP contribution in [0.15, 0.2) is 24.3 Å². The lowest BCUT2D eigenvalue weighted by atomic mass is 9.66. The van der Waals surface area contributed by atoms with Gasteiger partial charge in [0.1, 0.15) is 5.75 Å². The molecular weight excluding hydrogens is 222 g/mol. The Labute approximate surface area is 110 Å². The van der Waals surface area contributed by atoms with Crippen LogP contribution < -0.4 is 10.1 Å². The summed E-state index contributed by atoms with van der Waals surface area (Å²) < 4.78 is 5.25. The van der Waals surface area contributed by atoms with Gasteiger partial charge in [0.15, 0.2) is 0 Å². The molecule has 1 aliphatic carbocycles. The highest BCUT2D eigenvalue weighted by Crippen LogP contribution is 2.49. The summed E-state index contributed by atoms with van der Waals surface area (Å²) in [7, 11) is 1.73. The van der Waals surface area contributed by atoms with Crippen molar-refractivity contribution in [1.82, 2.24) is 5.32 Å². The number of methoxy groups -OCH3 is 1. The van der Waals surface area contributed by atoms with E-state index in [1.54, 1.807) is 7.11 Å². The van der Waals surface area contributed by atoms with Crippen molar-refractivity contribution in [3.8, 4) is 5.75 Å². The summed E-state index contributed by atoms with van der Waals surface area (Å²) >= 11 is 0. The van der Waals surface area contributed by atoms with E-state index in [1.165, 1.54) is 44.2 Å². The predicted molar refractivity (Wildman–Crippen MR) is 74.1 cm³/mol. The minimum absolute atomic E-state index is 0.535. The number of hydrogen-bond acceptors (Lipinski definition) is 2. The molecule has 2 fully saturated rings. The van der Waals surface area contributed by atoms with Crippen molar-refractivity contribution >= 4 is 0 Å². The molecule has 1 atom stereocenters. The maximum Gasteiger partial charge on any atom is 0.118 e. The zero-order chi connectivity index (χ0) is 12.4. The first-order valence-electron chi connectivity index (χ1n) is 7.19. The molecule has 0 radical (unpaired) electrons. The van der Waals surface area contributed by atoms with Crippen molar-refractivity contribution in [2.45, 2.75) is 38.0 Å². The minimum Gasteiger partial charge on any atom is -0.497 e. The summed E-state index contributed by atoms with van der Waals surface area (Å²) in [5, 5.41) is 3.63. The fourth-order valence-electron chi connectivity index (χ4n) is 3.89. The molecule has 1 spiro atoms. The molecule has 98 valence electrons. The smallest absolute Gasteiger partial charge is 0.118 e. The van der Waals surface area contributed by atoms with Crippen molar-refractivity contribution in [2.75, 3.05) is 20.2 Å². The maximum absolute atomic E-state index is 5.25. The highest BCUT2D eigenvalue weighted by Gasteiger charge is 2.43. The van der Waals surface area contributed by atoms with E-state index in [0.29, 0.717) is 11.3 Å². The number of rotatable bonds is 2. The Kier molecular flexibility index (Phi) is 3.29. The molecule has 1 aromatic carbocycles. The summed E-state index contributed by atoms with van der Waals surface area (Å²) in [5.41, 5.74) is 2.02. The molecule has 2 heteroatoms. The lowest BCUT2D eigenvalue weighted by molar-refractivity contribution is 0.189. The zero-order valence-electron chi connectivity index (χ0n) is 11.2. The van der Waals surface area contributed by atoms with E-state index in [1.807, 2.05) is 0 Å². The number of benzene rings is 1. The number of hydrogen-bond donors (Lipinski definition) is 1. The summed E-state index contributed by atoms with van der Waals surface area (Å²) in [6, 6.07) is 8.72. The third kappa shape index (κ3) is 2.03. The average molecular weight is 245 g/mol. The topological polar surface area (TPSA) is 21.3 Å². The Morgan fingerprint density at radius 3 is 2.50 bits per heavy atom. The molecule has 2 aliphatic rings. The van der Waals surface area contributed by atoms with Crippen LogP contribution in [-0.2, 0) is 0 Å². The normalized spacial score (nSPS) is 26.4. The Hall–Kier alpha value is -1.02. The van der Waals surface area contributed by atoms with Gasteiger partial charge in [-0.05, 0) is 36.0 Å². The third-order valence-electron chi connectivity index (χ3n) is 4.93. The van der Waals surface area contributed by atoms with Gasteiger partial charge in [-0.1, -0.05) is 31.4 Å². The number of nitrogens with one attached hydrogen (secondary N) is 1. The van der Waals surface area contributed by atoms with Crippen molar-refractivity contribution in [3.63, 3.8) is 0 Å². The van der Waals surface area contributed by atoms with Crippen LogP contribution in [0.5, 0.6) is 5.75 Å². The molecule has 1 aliphatic heterocycles. The van der Waals surface area contributed by atoms with Gasteiger partial charge in [0.25, 0.3) is 0 Å². The van der Waals surface area contributed by atoms with E-state index in [9.17, 15) is 0 Å². The van der Waals surface area contributed by atoms with Crippen molar-refractivity contribution < 1.29 is 4.74 Å². The Morgan fingerprint density at radius 2 is 1.83 bits per heavy atom. The molecule has 1 aromatic rings. The first kappa shape index (κ1) is 12.0. The molecule has 1 saturated carbocycles. The lowest BCUT2D eigenvalue weighted by Crippen LogP contribution is -2.31. The van der Waals surface area contributed by atoms with Crippen LogP contribution in [0.25, 0.3) is 0 Å². The molecule has 1 N–H and O–H groups in total. The van der Waals surface area contributed by atoms with Gasteiger partial charge in [0.05, 0.1) is 7.11 Å². The van der Waals surface area contributed by atoms with E-state index in [0.717, 1.165) is 12.3 Å². The molecule has 1 unspecified atom stereocenters.